The van der Waals surface area contributed by atoms with E-state index in [4.69, 9.17) is 17.2 Å². The van der Waals surface area contributed by atoms with Gasteiger partial charge in [-0.2, -0.15) is 0 Å². The average Bonchev–Trinajstić information content (AvgIpc) is 3.03. The Hall–Kier alpha value is -1.99. The topological polar surface area (TPSA) is 62.2 Å². The highest BCUT2D eigenvalue weighted by molar-refractivity contribution is 7.80. The highest BCUT2D eigenvalue weighted by Crippen LogP contribution is 2.20. The van der Waals surface area contributed by atoms with Gasteiger partial charge in [0.05, 0.1) is 10.9 Å². The summed E-state index contributed by atoms with van der Waals surface area (Å²) in [4.78, 5) is 20.4. The van der Waals surface area contributed by atoms with Crippen LogP contribution in [0.3, 0.4) is 0 Å². The smallest absolute Gasteiger partial charge is 0.261 e. The van der Waals surface area contributed by atoms with Crippen molar-refractivity contribution in [3.05, 3.63) is 34.4 Å². The zero-order valence-electron chi connectivity index (χ0n) is 18.7. The number of rotatable bonds is 6. The summed E-state index contributed by atoms with van der Waals surface area (Å²) in [5, 5.41) is 7.83. The van der Waals surface area contributed by atoms with Crippen LogP contribution < -0.4 is 16.2 Å². The summed E-state index contributed by atoms with van der Waals surface area (Å²) < 4.78 is 1.86. The van der Waals surface area contributed by atoms with Gasteiger partial charge in [-0.1, -0.05) is 19.8 Å². The zero-order chi connectivity index (χ0) is 21.6. The molecule has 1 aromatic carbocycles. The number of benzene rings is 1. The second-order valence-corrected chi connectivity index (χ2v) is 9.26. The van der Waals surface area contributed by atoms with Gasteiger partial charge in [0.2, 0.25) is 0 Å². The predicted molar refractivity (Wildman–Crippen MR) is 132 cm³/mol. The van der Waals surface area contributed by atoms with Gasteiger partial charge in [-0.15, -0.1) is 0 Å². The van der Waals surface area contributed by atoms with Crippen LogP contribution in [0.4, 0.5) is 5.69 Å². The van der Waals surface area contributed by atoms with Gasteiger partial charge in [-0.25, -0.2) is 4.98 Å². The highest BCUT2D eigenvalue weighted by atomic mass is 32.1. The number of anilines is 1. The number of piperidine rings is 1. The first kappa shape index (κ1) is 22.2. The van der Waals surface area contributed by atoms with Crippen molar-refractivity contribution in [3.63, 3.8) is 0 Å². The van der Waals surface area contributed by atoms with Crippen molar-refractivity contribution in [2.75, 3.05) is 25.0 Å². The highest BCUT2D eigenvalue weighted by Gasteiger charge is 2.19. The fraction of sp³-hybridized carbons (Fsp3) is 0.625. The summed E-state index contributed by atoms with van der Waals surface area (Å²) in [6.07, 6.45) is 10.5. The number of thiocarbonyl (C=S) groups is 1. The lowest BCUT2D eigenvalue weighted by atomic mass is 10.00. The van der Waals surface area contributed by atoms with E-state index < -0.39 is 0 Å². The number of aryl methyl sites for hydroxylation is 1. The van der Waals surface area contributed by atoms with Crippen molar-refractivity contribution in [1.29, 1.82) is 0 Å². The van der Waals surface area contributed by atoms with Crippen molar-refractivity contribution in [2.24, 2.45) is 0 Å². The van der Waals surface area contributed by atoms with Crippen LogP contribution in [0.1, 0.15) is 64.1 Å². The van der Waals surface area contributed by atoms with Crippen LogP contribution in [-0.2, 0) is 13.0 Å². The number of nitrogens with zero attached hydrogens (tertiary/aromatic N) is 3. The molecule has 4 rings (SSSR count). The molecule has 2 aromatic rings. The van der Waals surface area contributed by atoms with Crippen LogP contribution in [0, 0.1) is 0 Å². The number of hydrogen-bond donors (Lipinski definition) is 2. The molecule has 2 N–H and O–H groups in total. The van der Waals surface area contributed by atoms with E-state index in [-0.39, 0.29) is 5.56 Å². The van der Waals surface area contributed by atoms with Gasteiger partial charge in [0, 0.05) is 37.8 Å². The largest absolute Gasteiger partial charge is 0.362 e. The van der Waals surface area contributed by atoms with Gasteiger partial charge in [-0.3, -0.25) is 9.36 Å². The Kier molecular flexibility index (Phi) is 7.56. The van der Waals surface area contributed by atoms with Gasteiger partial charge in [-0.05, 0) is 75.5 Å². The van der Waals surface area contributed by atoms with Gasteiger partial charge < -0.3 is 15.5 Å². The summed E-state index contributed by atoms with van der Waals surface area (Å²) in [7, 11) is 0. The van der Waals surface area contributed by atoms with E-state index in [1.54, 1.807) is 0 Å². The standard InChI is InChI=1S/C24H35N5OS/c1-2-19-9-5-7-14-28(19)15-8-13-25-24(31)26-18-11-12-21-20(17-18)23(30)29-16-6-3-4-10-22(29)27-21/h11-12,17,19H,2-10,13-16H2,1H3,(H2,25,26,31)/t19-/m1/s1. The molecule has 1 fully saturated rings. The number of aromatic nitrogens is 2. The maximum atomic E-state index is 13.0. The fourth-order valence-corrected chi connectivity index (χ4v) is 5.19. The quantitative estimate of drug-likeness (QED) is 0.521. The van der Waals surface area contributed by atoms with Crippen LogP contribution >= 0.6 is 12.2 Å². The minimum absolute atomic E-state index is 0.0661. The third kappa shape index (κ3) is 5.44. The maximum Gasteiger partial charge on any atom is 0.261 e. The first-order valence-electron chi connectivity index (χ1n) is 12.0. The lowest BCUT2D eigenvalue weighted by Crippen LogP contribution is -2.40. The van der Waals surface area contributed by atoms with E-state index in [9.17, 15) is 4.79 Å². The molecule has 2 aliphatic rings. The first-order valence-corrected chi connectivity index (χ1v) is 12.4. The van der Waals surface area contributed by atoms with Crippen LogP contribution in [0.25, 0.3) is 10.9 Å². The molecule has 6 nitrogen and oxygen atoms in total. The number of hydrogen-bond acceptors (Lipinski definition) is 4. The molecule has 168 valence electrons. The molecule has 1 saturated heterocycles. The Morgan fingerprint density at radius 3 is 2.94 bits per heavy atom. The summed E-state index contributed by atoms with van der Waals surface area (Å²) in [6.45, 7) is 6.26. The molecule has 0 unspecified atom stereocenters. The summed E-state index contributed by atoms with van der Waals surface area (Å²) in [5.74, 6) is 0.923. The van der Waals surface area contributed by atoms with E-state index in [1.807, 2.05) is 22.8 Å². The van der Waals surface area contributed by atoms with Gasteiger partial charge in [0.15, 0.2) is 5.11 Å². The normalized spacial score (nSPS) is 19.6. The van der Waals surface area contributed by atoms with Crippen molar-refractivity contribution in [2.45, 2.75) is 77.3 Å². The molecule has 0 aliphatic carbocycles. The summed E-state index contributed by atoms with van der Waals surface area (Å²) in [6, 6.07) is 6.51. The van der Waals surface area contributed by atoms with Crippen LogP contribution in [-0.4, -0.2) is 45.2 Å². The number of fused-ring (bicyclic) bond motifs is 2. The predicted octanol–water partition coefficient (Wildman–Crippen LogP) is 4.06. The van der Waals surface area contributed by atoms with Gasteiger partial charge >= 0.3 is 0 Å². The van der Waals surface area contributed by atoms with Crippen molar-refractivity contribution >= 4 is 33.9 Å². The monoisotopic (exact) mass is 441 g/mol. The van der Waals surface area contributed by atoms with E-state index >= 15 is 0 Å². The molecule has 0 spiro atoms. The van der Waals surface area contributed by atoms with Crippen LogP contribution in [0.15, 0.2) is 23.0 Å². The van der Waals surface area contributed by atoms with Crippen molar-refractivity contribution in [3.8, 4) is 0 Å². The lowest BCUT2D eigenvalue weighted by Gasteiger charge is -2.35. The Morgan fingerprint density at radius 2 is 2.06 bits per heavy atom. The van der Waals surface area contributed by atoms with Gasteiger partial charge in [0.1, 0.15) is 5.82 Å². The molecule has 1 aromatic heterocycles. The fourth-order valence-electron chi connectivity index (χ4n) is 4.97. The van der Waals surface area contributed by atoms with Gasteiger partial charge in [0.25, 0.3) is 5.56 Å². The Bertz CT molecular complexity index is 972. The van der Waals surface area contributed by atoms with Crippen molar-refractivity contribution in [1.82, 2.24) is 19.8 Å². The number of likely N-dealkylation sites (tertiary alicyclic amines) is 1. The van der Waals surface area contributed by atoms with E-state index in [1.165, 1.54) is 32.2 Å². The molecule has 0 amide bonds. The molecule has 3 heterocycles. The van der Waals surface area contributed by atoms with Crippen LogP contribution in [0.2, 0.25) is 0 Å². The lowest BCUT2D eigenvalue weighted by molar-refractivity contribution is 0.143. The molecule has 7 heteroatoms. The molecule has 2 aliphatic heterocycles. The van der Waals surface area contributed by atoms with Crippen molar-refractivity contribution < 1.29 is 0 Å². The molecule has 31 heavy (non-hydrogen) atoms. The van der Waals surface area contributed by atoms with E-state index in [0.717, 1.165) is 74.8 Å². The summed E-state index contributed by atoms with van der Waals surface area (Å²) >= 11 is 5.49. The summed E-state index contributed by atoms with van der Waals surface area (Å²) in [5.41, 5.74) is 1.67. The molecule has 0 bridgehead atoms. The SMILES string of the molecule is CC[C@@H]1CCCCN1CCCNC(=S)Nc1ccc2nc3n(c(=O)c2c1)CCCCC3. The third-order valence-electron chi connectivity index (χ3n) is 6.70. The van der Waals surface area contributed by atoms with Crippen LogP contribution in [0.5, 0.6) is 0 Å². The molecular formula is C24H35N5OS. The third-order valence-corrected chi connectivity index (χ3v) is 6.95. The molecule has 0 saturated carbocycles. The Labute approximate surface area is 190 Å². The minimum atomic E-state index is 0.0661. The second-order valence-electron chi connectivity index (χ2n) is 8.86. The second kappa shape index (κ2) is 10.6. The maximum absolute atomic E-state index is 13.0. The Morgan fingerprint density at radius 1 is 1.19 bits per heavy atom. The molecular weight excluding hydrogens is 406 g/mol. The van der Waals surface area contributed by atoms with E-state index in [0.29, 0.717) is 10.5 Å². The number of nitrogens with one attached hydrogen (secondary N) is 2. The first-order chi connectivity index (χ1) is 15.2. The molecule has 0 radical (unpaired) electrons. The Balaban J connectivity index is 1.33. The molecule has 1 atom stereocenters. The zero-order valence-corrected chi connectivity index (χ0v) is 19.5. The minimum Gasteiger partial charge on any atom is -0.362 e. The van der Waals surface area contributed by atoms with E-state index in [2.05, 4.69) is 22.5 Å². The average molecular weight is 442 g/mol.